The number of rotatable bonds is 2. The fourth-order valence-corrected chi connectivity index (χ4v) is 2.60. The molecule has 1 aromatic rings. The quantitative estimate of drug-likeness (QED) is 0.571. The standard InChI is InChI=1S/C9H7.3CH3.Sn/c1-2-6-9-7-4-3-5-8-9;;;;/h1,3-8H;3*1H3;. The van der Waals surface area contributed by atoms with E-state index in [1.807, 2.05) is 18.2 Å². The van der Waals surface area contributed by atoms with Gasteiger partial charge in [-0.1, -0.05) is 0 Å². The molecule has 0 aliphatic rings. The van der Waals surface area contributed by atoms with Crippen LogP contribution in [-0.2, 0) is 0 Å². The molecule has 0 radical (unpaired) electrons. The number of hydrogen-bond donors (Lipinski definition) is 0. The predicted octanol–water partition coefficient (Wildman–Crippen LogP) is 3.73. The van der Waals surface area contributed by atoms with Crippen molar-refractivity contribution in [2.75, 3.05) is 0 Å². The van der Waals surface area contributed by atoms with Crippen LogP contribution in [0.15, 0.2) is 40.2 Å². The summed E-state index contributed by atoms with van der Waals surface area (Å²) in [5, 5.41) is 0. The first-order chi connectivity index (χ1) is 6.08. The van der Waals surface area contributed by atoms with Crippen molar-refractivity contribution in [1.82, 2.24) is 0 Å². The van der Waals surface area contributed by atoms with Gasteiger partial charge in [-0.2, -0.15) is 0 Å². The first kappa shape index (κ1) is 10.6. The van der Waals surface area contributed by atoms with E-state index in [9.17, 15) is 0 Å². The molecule has 1 heteroatoms. The molecule has 0 unspecified atom stereocenters. The third-order valence-electron chi connectivity index (χ3n) is 1.57. The van der Waals surface area contributed by atoms with Gasteiger partial charge in [0.15, 0.2) is 0 Å². The van der Waals surface area contributed by atoms with E-state index in [1.54, 1.807) is 0 Å². The zero-order valence-electron chi connectivity index (χ0n) is 8.54. The van der Waals surface area contributed by atoms with Gasteiger partial charge in [-0.25, -0.2) is 0 Å². The summed E-state index contributed by atoms with van der Waals surface area (Å²) in [6.07, 6.45) is 2.06. The van der Waals surface area contributed by atoms with Crippen LogP contribution < -0.4 is 0 Å². The van der Waals surface area contributed by atoms with Crippen LogP contribution in [0.4, 0.5) is 0 Å². The third kappa shape index (κ3) is 4.97. The molecule has 0 aromatic heterocycles. The molecule has 0 bridgehead atoms. The Morgan fingerprint density at radius 3 is 2.23 bits per heavy atom. The van der Waals surface area contributed by atoms with Crippen LogP contribution >= 0.6 is 0 Å². The fraction of sp³-hybridized carbons (Fsp3) is 0.250. The second kappa shape index (κ2) is 4.69. The molecule has 13 heavy (non-hydrogen) atoms. The minimum absolute atomic E-state index is 1.23. The zero-order chi connectivity index (χ0) is 9.73. The second-order valence-corrected chi connectivity index (χ2v) is 18.6. The van der Waals surface area contributed by atoms with Crippen LogP contribution in [0.2, 0.25) is 14.8 Å². The molecule has 1 aromatic carbocycles. The topological polar surface area (TPSA) is 0 Å². The molecule has 0 aliphatic carbocycles. The molecule has 0 spiro atoms. The van der Waals surface area contributed by atoms with Crippen molar-refractivity contribution in [3.63, 3.8) is 0 Å². The van der Waals surface area contributed by atoms with Crippen LogP contribution in [0, 0.1) is 0 Å². The zero-order valence-corrected chi connectivity index (χ0v) is 11.4. The van der Waals surface area contributed by atoms with Gasteiger partial charge in [0, 0.05) is 0 Å². The maximum atomic E-state index is 3.28. The molecular weight excluding hydrogens is 263 g/mol. The van der Waals surface area contributed by atoms with Gasteiger partial charge in [-0.3, -0.25) is 0 Å². The molecule has 0 heterocycles. The number of hydrogen-bond acceptors (Lipinski definition) is 0. The van der Waals surface area contributed by atoms with Crippen molar-refractivity contribution in [2.45, 2.75) is 14.8 Å². The van der Waals surface area contributed by atoms with Gasteiger partial charge in [0.1, 0.15) is 0 Å². The van der Waals surface area contributed by atoms with Crippen molar-refractivity contribution in [2.24, 2.45) is 0 Å². The Labute approximate surface area is 84.9 Å². The first-order valence-corrected chi connectivity index (χ1v) is 14.8. The maximum absolute atomic E-state index is 3.28. The van der Waals surface area contributed by atoms with Gasteiger partial charge in [-0.05, 0) is 0 Å². The van der Waals surface area contributed by atoms with Gasteiger partial charge in [0.25, 0.3) is 0 Å². The molecule has 0 aliphatic heterocycles. The molecule has 0 nitrogen and oxygen atoms in total. The fourth-order valence-electron chi connectivity index (χ4n) is 0.937. The van der Waals surface area contributed by atoms with E-state index in [0.29, 0.717) is 0 Å². The molecule has 0 saturated heterocycles. The molecule has 0 saturated carbocycles. The Kier molecular flexibility index (Phi) is 3.83. The Morgan fingerprint density at radius 2 is 1.69 bits per heavy atom. The summed E-state index contributed by atoms with van der Waals surface area (Å²) in [5.41, 5.74) is 4.52. The summed E-state index contributed by atoms with van der Waals surface area (Å²) >= 11 is -1.74. The molecule has 0 amide bonds. The Hall–Kier alpha value is -0.461. The monoisotopic (exact) mass is 280 g/mol. The Bertz CT molecular complexity index is 311. The van der Waals surface area contributed by atoms with Crippen molar-refractivity contribution < 1.29 is 0 Å². The third-order valence-corrected chi connectivity index (χ3v) is 4.51. The number of benzene rings is 1. The first-order valence-electron chi connectivity index (χ1n) is 4.57. The summed E-state index contributed by atoms with van der Waals surface area (Å²) in [6, 6.07) is 10.3. The molecular formula is C12H16Sn. The normalized spacial score (nSPS) is 10.4. The van der Waals surface area contributed by atoms with Crippen LogP contribution in [-0.4, -0.2) is 18.4 Å². The van der Waals surface area contributed by atoms with Gasteiger partial charge in [-0.15, -0.1) is 0 Å². The van der Waals surface area contributed by atoms with E-state index in [4.69, 9.17) is 0 Å². The van der Waals surface area contributed by atoms with E-state index in [-0.39, 0.29) is 0 Å². The van der Waals surface area contributed by atoms with Gasteiger partial charge in [0.2, 0.25) is 0 Å². The van der Waals surface area contributed by atoms with Crippen LogP contribution in [0.1, 0.15) is 5.56 Å². The van der Waals surface area contributed by atoms with Crippen LogP contribution in [0.5, 0.6) is 0 Å². The van der Waals surface area contributed by atoms with Gasteiger partial charge >= 0.3 is 85.0 Å². The SMILES string of the molecule is [CH3][Sn]([CH3])([CH3])[CH]=C=Cc1ccccc1. The van der Waals surface area contributed by atoms with Gasteiger partial charge in [0.05, 0.1) is 0 Å². The second-order valence-electron chi connectivity index (χ2n) is 4.23. The van der Waals surface area contributed by atoms with Crippen molar-refractivity contribution in [1.29, 1.82) is 0 Å². The van der Waals surface area contributed by atoms with E-state index in [0.717, 1.165) is 0 Å². The molecule has 1 rings (SSSR count). The summed E-state index contributed by atoms with van der Waals surface area (Å²) in [7, 11) is 0. The molecule has 0 N–H and O–H groups in total. The van der Waals surface area contributed by atoms with Crippen LogP contribution in [0.3, 0.4) is 0 Å². The van der Waals surface area contributed by atoms with Crippen molar-refractivity contribution in [3.05, 3.63) is 45.7 Å². The Balaban J connectivity index is 2.75. The van der Waals surface area contributed by atoms with Crippen LogP contribution in [0.25, 0.3) is 6.08 Å². The van der Waals surface area contributed by atoms with E-state index < -0.39 is 18.4 Å². The van der Waals surface area contributed by atoms with Crippen molar-refractivity contribution >= 4 is 24.5 Å². The average molecular weight is 279 g/mol. The van der Waals surface area contributed by atoms with E-state index in [2.05, 4.69) is 42.9 Å². The van der Waals surface area contributed by atoms with Gasteiger partial charge < -0.3 is 0 Å². The summed E-state index contributed by atoms with van der Waals surface area (Å²) in [6.45, 7) is 0. The van der Waals surface area contributed by atoms with Crippen molar-refractivity contribution in [3.8, 4) is 0 Å². The molecule has 0 atom stereocenters. The Morgan fingerprint density at radius 1 is 1.08 bits per heavy atom. The average Bonchev–Trinajstić information content (AvgIpc) is 2.04. The molecule has 0 fully saturated rings. The minimum atomic E-state index is -1.74. The summed E-state index contributed by atoms with van der Waals surface area (Å²) < 4.78 is 2.29. The van der Waals surface area contributed by atoms with E-state index in [1.165, 1.54) is 5.56 Å². The summed E-state index contributed by atoms with van der Waals surface area (Å²) in [5.74, 6) is 0. The van der Waals surface area contributed by atoms with E-state index >= 15 is 0 Å². The predicted molar refractivity (Wildman–Crippen MR) is 62.3 cm³/mol. The summed E-state index contributed by atoms with van der Waals surface area (Å²) in [4.78, 5) is 7.13. The molecule has 68 valence electrons.